The van der Waals surface area contributed by atoms with Gasteiger partial charge in [-0.1, -0.05) is 6.92 Å². The normalized spacial score (nSPS) is 19.9. The molecule has 0 amide bonds. The van der Waals surface area contributed by atoms with Crippen LogP contribution >= 0.6 is 0 Å². The van der Waals surface area contributed by atoms with Gasteiger partial charge in [-0.3, -0.25) is 0 Å². The van der Waals surface area contributed by atoms with Crippen LogP contribution in [0.4, 0.5) is 0 Å². The molecule has 1 aliphatic rings. The van der Waals surface area contributed by atoms with Gasteiger partial charge in [-0.15, -0.1) is 0 Å². The summed E-state index contributed by atoms with van der Waals surface area (Å²) in [5, 5.41) is 0. The molecule has 1 fully saturated rings. The fourth-order valence-corrected chi connectivity index (χ4v) is 21.9. The first-order chi connectivity index (χ1) is 14.7. The second-order valence-corrected chi connectivity index (χ2v) is 23.7. The zero-order chi connectivity index (χ0) is 21.7. The second kappa shape index (κ2) is 15.0. The molecule has 0 N–H and O–H groups in total. The van der Waals surface area contributed by atoms with Crippen molar-refractivity contribution in [3.63, 3.8) is 0 Å². The van der Waals surface area contributed by atoms with Crippen LogP contribution in [0.2, 0.25) is 13.3 Å². The fourth-order valence-electron chi connectivity index (χ4n) is 5.93. The van der Waals surface area contributed by atoms with E-state index < -0.39 is 18.4 Å². The summed E-state index contributed by atoms with van der Waals surface area (Å²) in [4.78, 5) is 0. The Kier molecular flexibility index (Phi) is 13.1. The average Bonchev–Trinajstić information content (AvgIpc) is 2.80. The van der Waals surface area contributed by atoms with Crippen molar-refractivity contribution in [2.45, 2.75) is 137 Å². The second-order valence-electron chi connectivity index (χ2n) is 10.4. The molecule has 0 radical (unpaired) electrons. The van der Waals surface area contributed by atoms with E-state index in [0.29, 0.717) is 0 Å². The molecule has 0 spiro atoms. The van der Waals surface area contributed by atoms with Gasteiger partial charge >= 0.3 is 188 Å². The van der Waals surface area contributed by atoms with Crippen LogP contribution in [0.25, 0.3) is 0 Å². The Labute approximate surface area is 193 Å². The van der Waals surface area contributed by atoms with Crippen molar-refractivity contribution in [2.24, 2.45) is 5.92 Å². The summed E-state index contributed by atoms with van der Waals surface area (Å²) in [5.74, 6) is 1.86. The molecule has 1 aliphatic carbocycles. The molecule has 0 unspecified atom stereocenters. The van der Waals surface area contributed by atoms with Gasteiger partial charge in [0.1, 0.15) is 0 Å². The Hall–Kier alpha value is 0.0187. The predicted octanol–water partition coefficient (Wildman–Crippen LogP) is 9.60. The van der Waals surface area contributed by atoms with E-state index >= 15 is 0 Å². The van der Waals surface area contributed by atoms with Crippen LogP contribution in [-0.4, -0.2) is 18.4 Å². The van der Waals surface area contributed by atoms with Crippen molar-refractivity contribution < 1.29 is 0 Å². The summed E-state index contributed by atoms with van der Waals surface area (Å²) in [5.41, 5.74) is 1.66. The van der Waals surface area contributed by atoms with Crippen LogP contribution in [0.3, 0.4) is 0 Å². The molecule has 0 aliphatic heterocycles. The van der Waals surface area contributed by atoms with E-state index in [1.165, 1.54) is 89.9 Å². The Morgan fingerprint density at radius 1 is 0.633 bits per heavy atom. The summed E-state index contributed by atoms with van der Waals surface area (Å²) in [6.07, 6.45) is 20.1. The van der Waals surface area contributed by atoms with Crippen LogP contribution in [0, 0.1) is 5.92 Å². The first kappa shape index (κ1) is 26.3. The van der Waals surface area contributed by atoms with E-state index in [2.05, 4.69) is 52.0 Å². The van der Waals surface area contributed by atoms with Gasteiger partial charge < -0.3 is 0 Å². The van der Waals surface area contributed by atoms with E-state index in [1.807, 2.05) is 3.58 Å². The van der Waals surface area contributed by atoms with Gasteiger partial charge in [0, 0.05) is 0 Å². The van der Waals surface area contributed by atoms with Crippen LogP contribution in [0.15, 0.2) is 24.3 Å². The Balaban J connectivity index is 2.04. The summed E-state index contributed by atoms with van der Waals surface area (Å²) in [7, 11) is 0. The standard InChI is InChI=1S/C17H25.3C4H9.Sn/c1-2-3-5-8-15-11-13-17(14-12-15)16-9-6-4-7-10-16;3*1-3-4-2;/h6-7,9-10,15,17H,2-3,5,8,11-14H2,1H3;3*1,3-4H2,2H3;/t15-,17-;;;;. The van der Waals surface area contributed by atoms with Crippen molar-refractivity contribution in [3.8, 4) is 0 Å². The van der Waals surface area contributed by atoms with Crippen molar-refractivity contribution in [1.29, 1.82) is 0 Å². The fraction of sp³-hybridized carbons (Fsp3) is 0.793. The van der Waals surface area contributed by atoms with Crippen molar-refractivity contribution in [1.82, 2.24) is 0 Å². The summed E-state index contributed by atoms with van der Waals surface area (Å²) in [6, 6.07) is 10.4. The van der Waals surface area contributed by atoms with Crippen molar-refractivity contribution >= 4 is 22.0 Å². The molecule has 172 valence electrons. The zero-order valence-electron chi connectivity index (χ0n) is 21.0. The molecule has 1 saturated carbocycles. The van der Waals surface area contributed by atoms with Gasteiger partial charge in [0.25, 0.3) is 0 Å². The molecule has 0 saturated heterocycles. The number of unbranched alkanes of at least 4 members (excludes halogenated alkanes) is 5. The average molecular weight is 519 g/mol. The summed E-state index contributed by atoms with van der Waals surface area (Å²) < 4.78 is 6.63. The molecule has 1 heteroatoms. The molecule has 1 aromatic rings. The summed E-state index contributed by atoms with van der Waals surface area (Å²) >= 11 is -2.24. The number of rotatable bonds is 15. The molecule has 0 heterocycles. The SMILES string of the molecule is CCCCC[C@H]1CC[C@H](c2cc[c]([Sn]([CH2]CCC)([CH2]CCC)[CH2]CCC)cc2)CC1. The molecule has 1 aromatic carbocycles. The van der Waals surface area contributed by atoms with E-state index in [4.69, 9.17) is 0 Å². The van der Waals surface area contributed by atoms with Gasteiger partial charge in [-0.05, 0) is 0 Å². The van der Waals surface area contributed by atoms with Gasteiger partial charge in [-0.25, -0.2) is 0 Å². The van der Waals surface area contributed by atoms with Crippen molar-refractivity contribution in [2.75, 3.05) is 0 Å². The van der Waals surface area contributed by atoms with Gasteiger partial charge in [0.05, 0.1) is 0 Å². The number of hydrogen-bond donors (Lipinski definition) is 0. The van der Waals surface area contributed by atoms with E-state index in [-0.39, 0.29) is 0 Å². The van der Waals surface area contributed by atoms with E-state index in [1.54, 1.807) is 18.9 Å². The van der Waals surface area contributed by atoms with Gasteiger partial charge in [0.2, 0.25) is 0 Å². The summed E-state index contributed by atoms with van der Waals surface area (Å²) in [6.45, 7) is 9.49. The predicted molar refractivity (Wildman–Crippen MR) is 140 cm³/mol. The van der Waals surface area contributed by atoms with Crippen LogP contribution in [0.1, 0.15) is 129 Å². The Bertz CT molecular complexity index is 516. The third kappa shape index (κ3) is 8.18. The molecule has 0 aromatic heterocycles. The molecule has 2 rings (SSSR count). The first-order valence-corrected chi connectivity index (χ1v) is 21.3. The zero-order valence-corrected chi connectivity index (χ0v) is 23.8. The number of benzene rings is 1. The van der Waals surface area contributed by atoms with Crippen LogP contribution in [0.5, 0.6) is 0 Å². The number of hydrogen-bond acceptors (Lipinski definition) is 0. The molecule has 0 nitrogen and oxygen atoms in total. The molecule has 0 atom stereocenters. The Morgan fingerprint density at radius 3 is 1.60 bits per heavy atom. The minimum absolute atomic E-state index is 0.841. The van der Waals surface area contributed by atoms with E-state index in [9.17, 15) is 0 Å². The van der Waals surface area contributed by atoms with Crippen LogP contribution in [-0.2, 0) is 0 Å². The van der Waals surface area contributed by atoms with Gasteiger partial charge in [0.15, 0.2) is 0 Å². The third-order valence-corrected chi connectivity index (χ3v) is 23.8. The quantitative estimate of drug-likeness (QED) is 0.160. The maximum absolute atomic E-state index is 2.64. The maximum atomic E-state index is 2.64. The van der Waals surface area contributed by atoms with Gasteiger partial charge in [-0.2, -0.15) is 0 Å². The minimum atomic E-state index is -2.24. The van der Waals surface area contributed by atoms with Crippen LogP contribution < -0.4 is 3.58 Å². The molecular formula is C29H52Sn. The third-order valence-electron chi connectivity index (χ3n) is 8.08. The molecule has 0 bridgehead atoms. The van der Waals surface area contributed by atoms with E-state index in [0.717, 1.165) is 11.8 Å². The molecular weight excluding hydrogens is 467 g/mol. The van der Waals surface area contributed by atoms with Crippen molar-refractivity contribution in [3.05, 3.63) is 29.8 Å². The monoisotopic (exact) mass is 520 g/mol. The molecule has 30 heavy (non-hydrogen) atoms. The topological polar surface area (TPSA) is 0 Å². The first-order valence-electron chi connectivity index (χ1n) is 13.8. The Morgan fingerprint density at radius 2 is 1.13 bits per heavy atom.